The maximum atomic E-state index is 11.8. The Morgan fingerprint density at radius 2 is 2.00 bits per heavy atom. The highest BCUT2D eigenvalue weighted by Crippen LogP contribution is 2.20. The van der Waals surface area contributed by atoms with Crippen LogP contribution >= 0.6 is 0 Å². The van der Waals surface area contributed by atoms with E-state index in [9.17, 15) is 13.2 Å². The van der Waals surface area contributed by atoms with Crippen LogP contribution in [0.3, 0.4) is 0 Å². The molecule has 1 aromatic carbocycles. The van der Waals surface area contributed by atoms with E-state index in [0.29, 0.717) is 0 Å². The summed E-state index contributed by atoms with van der Waals surface area (Å²) in [5.74, 6) is 0. The average Bonchev–Trinajstić information content (AvgIpc) is 2.61. The molecule has 2 aromatic rings. The fourth-order valence-electron chi connectivity index (χ4n) is 1.90. The summed E-state index contributed by atoms with van der Waals surface area (Å²) in [5.41, 5.74) is 2.00. The van der Waals surface area contributed by atoms with Crippen LogP contribution in [0.1, 0.15) is 5.56 Å². The third kappa shape index (κ3) is 2.79. The third-order valence-electron chi connectivity index (χ3n) is 2.59. The van der Waals surface area contributed by atoms with E-state index in [1.807, 2.05) is 31.2 Å². The second-order valence-electron chi connectivity index (χ2n) is 3.82. The highest BCUT2D eigenvalue weighted by atomic mass is 19.4. The van der Waals surface area contributed by atoms with E-state index >= 15 is 0 Å². The van der Waals surface area contributed by atoms with Gasteiger partial charge in [-0.3, -0.25) is 4.74 Å². The summed E-state index contributed by atoms with van der Waals surface area (Å²) in [7, 11) is 0. The maximum Gasteiger partial charge on any atom is 0.522 e. The Labute approximate surface area is 96.6 Å². The zero-order chi connectivity index (χ0) is 12.5. The van der Waals surface area contributed by atoms with Gasteiger partial charge in [0.25, 0.3) is 0 Å². The quantitative estimate of drug-likeness (QED) is 0.804. The SMILES string of the molecule is Cc1cccc2ccn(CCOC(F)(F)F)c12. The molecular weight excluding hydrogens is 231 g/mol. The molecule has 1 aromatic heterocycles. The molecule has 5 heteroatoms. The fraction of sp³-hybridized carbons (Fsp3) is 0.333. The van der Waals surface area contributed by atoms with Gasteiger partial charge in [0, 0.05) is 12.7 Å². The molecule has 0 spiro atoms. The number of hydrogen-bond acceptors (Lipinski definition) is 1. The van der Waals surface area contributed by atoms with Crippen LogP contribution in [-0.2, 0) is 11.3 Å². The zero-order valence-electron chi connectivity index (χ0n) is 9.29. The number of rotatable bonds is 3. The number of alkyl halides is 3. The molecule has 0 saturated carbocycles. The molecule has 0 aliphatic carbocycles. The smallest absolute Gasteiger partial charge is 0.345 e. The number of aromatic nitrogens is 1. The van der Waals surface area contributed by atoms with E-state index < -0.39 is 6.36 Å². The monoisotopic (exact) mass is 243 g/mol. The van der Waals surface area contributed by atoms with Gasteiger partial charge in [0.1, 0.15) is 0 Å². The van der Waals surface area contributed by atoms with Gasteiger partial charge >= 0.3 is 6.36 Å². The molecule has 0 aliphatic rings. The van der Waals surface area contributed by atoms with Crippen molar-refractivity contribution in [3.05, 3.63) is 36.0 Å². The third-order valence-corrected chi connectivity index (χ3v) is 2.59. The summed E-state index contributed by atoms with van der Waals surface area (Å²) in [4.78, 5) is 0. The number of benzene rings is 1. The molecule has 0 aliphatic heterocycles. The van der Waals surface area contributed by atoms with E-state index in [0.717, 1.165) is 16.5 Å². The van der Waals surface area contributed by atoms with E-state index in [-0.39, 0.29) is 13.2 Å². The Hall–Kier alpha value is -1.49. The van der Waals surface area contributed by atoms with Gasteiger partial charge in [0.2, 0.25) is 0 Å². The first-order valence-corrected chi connectivity index (χ1v) is 5.22. The van der Waals surface area contributed by atoms with Gasteiger partial charge in [0.05, 0.1) is 12.1 Å². The van der Waals surface area contributed by atoms with E-state index in [4.69, 9.17) is 0 Å². The molecule has 0 N–H and O–H groups in total. The highest BCUT2D eigenvalue weighted by Gasteiger charge is 2.28. The maximum absolute atomic E-state index is 11.8. The Kier molecular flexibility index (Phi) is 3.11. The predicted molar refractivity (Wildman–Crippen MR) is 58.7 cm³/mol. The van der Waals surface area contributed by atoms with Crippen LogP contribution in [-0.4, -0.2) is 17.5 Å². The molecule has 1 heterocycles. The minimum atomic E-state index is -4.56. The number of aryl methyl sites for hydroxylation is 1. The van der Waals surface area contributed by atoms with E-state index in [1.54, 1.807) is 10.8 Å². The molecule has 0 unspecified atom stereocenters. The zero-order valence-corrected chi connectivity index (χ0v) is 9.29. The summed E-state index contributed by atoms with van der Waals surface area (Å²) in [6.07, 6.45) is -2.78. The Morgan fingerprint density at radius 1 is 1.24 bits per heavy atom. The first kappa shape index (κ1) is 12.0. The van der Waals surface area contributed by atoms with Crippen LogP contribution < -0.4 is 0 Å². The van der Waals surface area contributed by atoms with Crippen LogP contribution in [0.25, 0.3) is 10.9 Å². The Bertz CT molecular complexity index is 516. The van der Waals surface area contributed by atoms with Crippen molar-refractivity contribution in [3.8, 4) is 0 Å². The average molecular weight is 243 g/mol. The molecule has 17 heavy (non-hydrogen) atoms. The van der Waals surface area contributed by atoms with Gasteiger partial charge in [-0.1, -0.05) is 18.2 Å². The normalized spacial score (nSPS) is 12.2. The minimum Gasteiger partial charge on any atom is -0.345 e. The van der Waals surface area contributed by atoms with Crippen LogP contribution in [0.5, 0.6) is 0 Å². The Morgan fingerprint density at radius 3 is 2.71 bits per heavy atom. The second-order valence-corrected chi connectivity index (χ2v) is 3.82. The van der Waals surface area contributed by atoms with Crippen LogP contribution in [0.2, 0.25) is 0 Å². The van der Waals surface area contributed by atoms with Crippen molar-refractivity contribution in [2.24, 2.45) is 0 Å². The standard InChI is InChI=1S/C12H12F3NO/c1-9-3-2-4-10-5-6-16(11(9)10)7-8-17-12(13,14)15/h2-6H,7-8H2,1H3. The summed E-state index contributed by atoms with van der Waals surface area (Å²) in [6.45, 7) is 1.75. The van der Waals surface area contributed by atoms with Crippen LogP contribution in [0.15, 0.2) is 30.5 Å². The summed E-state index contributed by atoms with van der Waals surface area (Å²) in [5, 5.41) is 1.03. The molecule has 0 saturated heterocycles. The van der Waals surface area contributed by atoms with Crippen molar-refractivity contribution in [1.29, 1.82) is 0 Å². The van der Waals surface area contributed by atoms with Gasteiger partial charge in [-0.2, -0.15) is 0 Å². The summed E-state index contributed by atoms with van der Waals surface area (Å²) in [6, 6.07) is 7.68. The molecule has 92 valence electrons. The topological polar surface area (TPSA) is 14.2 Å². The predicted octanol–water partition coefficient (Wildman–Crippen LogP) is 3.49. The lowest BCUT2D eigenvalue weighted by Crippen LogP contribution is -2.17. The first-order valence-electron chi connectivity index (χ1n) is 5.22. The number of halogens is 3. The fourth-order valence-corrected chi connectivity index (χ4v) is 1.90. The number of fused-ring (bicyclic) bond motifs is 1. The number of hydrogen-bond donors (Lipinski definition) is 0. The number of ether oxygens (including phenoxy) is 1. The molecule has 2 nitrogen and oxygen atoms in total. The van der Waals surface area contributed by atoms with Crippen molar-refractivity contribution in [2.45, 2.75) is 19.8 Å². The van der Waals surface area contributed by atoms with Gasteiger partial charge in [-0.15, -0.1) is 13.2 Å². The van der Waals surface area contributed by atoms with Crippen LogP contribution in [0, 0.1) is 6.92 Å². The van der Waals surface area contributed by atoms with E-state index in [1.165, 1.54) is 0 Å². The van der Waals surface area contributed by atoms with Gasteiger partial charge in [0.15, 0.2) is 0 Å². The lowest BCUT2D eigenvalue weighted by molar-refractivity contribution is -0.325. The second kappa shape index (κ2) is 4.41. The lowest BCUT2D eigenvalue weighted by atomic mass is 10.2. The van der Waals surface area contributed by atoms with Crippen molar-refractivity contribution in [1.82, 2.24) is 4.57 Å². The van der Waals surface area contributed by atoms with Crippen molar-refractivity contribution >= 4 is 10.9 Å². The largest absolute Gasteiger partial charge is 0.522 e. The molecular formula is C12H12F3NO. The van der Waals surface area contributed by atoms with Gasteiger partial charge in [-0.25, -0.2) is 0 Å². The number of para-hydroxylation sites is 1. The number of nitrogens with zero attached hydrogens (tertiary/aromatic N) is 1. The van der Waals surface area contributed by atoms with Crippen molar-refractivity contribution < 1.29 is 17.9 Å². The van der Waals surface area contributed by atoms with Gasteiger partial charge in [-0.05, 0) is 23.9 Å². The molecule has 0 bridgehead atoms. The van der Waals surface area contributed by atoms with Crippen molar-refractivity contribution in [2.75, 3.05) is 6.61 Å². The molecule has 0 amide bonds. The molecule has 0 radical (unpaired) electrons. The molecule has 0 fully saturated rings. The van der Waals surface area contributed by atoms with Gasteiger partial charge < -0.3 is 4.57 Å². The lowest BCUT2D eigenvalue weighted by Gasteiger charge is -2.10. The minimum absolute atomic E-state index is 0.188. The Balaban J connectivity index is 2.14. The first-order chi connectivity index (χ1) is 7.97. The van der Waals surface area contributed by atoms with Crippen molar-refractivity contribution in [3.63, 3.8) is 0 Å². The highest BCUT2D eigenvalue weighted by molar-refractivity contribution is 5.83. The van der Waals surface area contributed by atoms with E-state index in [2.05, 4.69) is 4.74 Å². The van der Waals surface area contributed by atoms with Crippen LogP contribution in [0.4, 0.5) is 13.2 Å². The summed E-state index contributed by atoms with van der Waals surface area (Å²) < 4.78 is 41.1. The molecule has 0 atom stereocenters. The molecule has 2 rings (SSSR count). The summed E-state index contributed by atoms with van der Waals surface area (Å²) >= 11 is 0.